The van der Waals surface area contributed by atoms with Crippen molar-refractivity contribution >= 4 is 34.1 Å². The normalized spacial score (nSPS) is 12.0. The minimum absolute atomic E-state index is 0.193. The first-order valence-electron chi connectivity index (χ1n) is 8.34. The van der Waals surface area contributed by atoms with Crippen molar-refractivity contribution in [1.82, 2.24) is 19.9 Å². The Kier molecular flexibility index (Phi) is 5.13. The molecule has 0 saturated heterocycles. The van der Waals surface area contributed by atoms with E-state index in [0.717, 1.165) is 11.3 Å². The van der Waals surface area contributed by atoms with E-state index in [2.05, 4.69) is 20.5 Å². The van der Waals surface area contributed by atoms with Gasteiger partial charge in [0.15, 0.2) is 10.9 Å². The number of thiazole rings is 1. The Labute approximate surface area is 168 Å². The summed E-state index contributed by atoms with van der Waals surface area (Å²) in [6, 6.07) is 13.3. The lowest BCUT2D eigenvalue weighted by atomic mass is 10.2. The van der Waals surface area contributed by atoms with Gasteiger partial charge in [0.2, 0.25) is 16.9 Å². The van der Waals surface area contributed by atoms with Crippen LogP contribution in [0.2, 0.25) is 0 Å². The number of thioether (sulfide) groups is 1. The highest BCUT2D eigenvalue weighted by Crippen LogP contribution is 2.27. The largest absolute Gasteiger partial charge is 0.461 e. The van der Waals surface area contributed by atoms with Crippen molar-refractivity contribution in [2.24, 2.45) is 0 Å². The third-order valence-electron chi connectivity index (χ3n) is 3.86. The van der Waals surface area contributed by atoms with Crippen LogP contribution in [0, 0.1) is 0 Å². The van der Waals surface area contributed by atoms with E-state index in [9.17, 15) is 4.79 Å². The number of hydrogen-bond acceptors (Lipinski definition) is 8. The predicted molar refractivity (Wildman–Crippen MR) is 109 cm³/mol. The van der Waals surface area contributed by atoms with E-state index in [1.54, 1.807) is 19.1 Å². The molecule has 8 nitrogen and oxygen atoms in total. The first-order chi connectivity index (χ1) is 13.6. The number of aromatic nitrogens is 4. The number of carbonyl (C=O) groups is 1. The van der Waals surface area contributed by atoms with E-state index < -0.39 is 5.25 Å². The zero-order chi connectivity index (χ0) is 19.5. The first-order valence-corrected chi connectivity index (χ1v) is 10.1. The Hall–Kier alpha value is -3.11. The highest BCUT2D eigenvalue weighted by Gasteiger charge is 2.21. The maximum atomic E-state index is 12.5. The van der Waals surface area contributed by atoms with Crippen molar-refractivity contribution in [3.8, 4) is 22.8 Å². The SMILES string of the molecule is C[C@@H](Sc1nnc(-c2ccco2)n1N)C(=O)Nc1nc(-c2ccccc2)cs1. The molecule has 0 unspecified atom stereocenters. The van der Waals surface area contributed by atoms with Crippen molar-refractivity contribution in [2.75, 3.05) is 11.2 Å². The molecule has 3 heterocycles. The second kappa shape index (κ2) is 7.87. The molecule has 3 N–H and O–H groups in total. The zero-order valence-corrected chi connectivity index (χ0v) is 16.4. The fourth-order valence-electron chi connectivity index (χ4n) is 2.42. The van der Waals surface area contributed by atoms with Crippen LogP contribution < -0.4 is 11.2 Å². The van der Waals surface area contributed by atoms with Crippen molar-refractivity contribution in [1.29, 1.82) is 0 Å². The molecule has 1 amide bonds. The van der Waals surface area contributed by atoms with Crippen LogP contribution in [-0.2, 0) is 4.79 Å². The second-order valence-corrected chi connectivity index (χ2v) is 7.97. The summed E-state index contributed by atoms with van der Waals surface area (Å²) < 4.78 is 6.59. The average molecular weight is 413 g/mol. The van der Waals surface area contributed by atoms with Gasteiger partial charge >= 0.3 is 0 Å². The molecule has 4 rings (SSSR count). The number of nitrogens with two attached hydrogens (primary N) is 1. The first kappa shape index (κ1) is 18.3. The lowest BCUT2D eigenvalue weighted by molar-refractivity contribution is -0.115. The minimum atomic E-state index is -0.444. The molecule has 0 saturated carbocycles. The van der Waals surface area contributed by atoms with Gasteiger partial charge in [0.05, 0.1) is 17.2 Å². The average Bonchev–Trinajstić information content (AvgIpc) is 3.45. The molecule has 28 heavy (non-hydrogen) atoms. The fourth-order valence-corrected chi connectivity index (χ4v) is 3.92. The van der Waals surface area contributed by atoms with Crippen LogP contribution in [0.1, 0.15) is 6.92 Å². The molecule has 0 bridgehead atoms. The van der Waals surface area contributed by atoms with Gasteiger partial charge in [-0.25, -0.2) is 9.66 Å². The Balaban J connectivity index is 1.41. The highest BCUT2D eigenvalue weighted by molar-refractivity contribution is 8.00. The van der Waals surface area contributed by atoms with Gasteiger partial charge in [-0.05, 0) is 19.1 Å². The van der Waals surface area contributed by atoms with Crippen molar-refractivity contribution in [3.63, 3.8) is 0 Å². The number of hydrogen-bond donors (Lipinski definition) is 2. The Morgan fingerprint density at radius 1 is 1.25 bits per heavy atom. The van der Waals surface area contributed by atoms with Gasteiger partial charge in [-0.3, -0.25) is 4.79 Å². The van der Waals surface area contributed by atoms with Crippen LogP contribution >= 0.6 is 23.1 Å². The summed E-state index contributed by atoms with van der Waals surface area (Å²) >= 11 is 2.59. The zero-order valence-electron chi connectivity index (χ0n) is 14.8. The summed E-state index contributed by atoms with van der Waals surface area (Å²) in [4.78, 5) is 17.0. The smallest absolute Gasteiger partial charge is 0.239 e. The molecule has 142 valence electrons. The predicted octanol–water partition coefficient (Wildman–Crippen LogP) is 3.49. The molecule has 0 radical (unpaired) electrons. The van der Waals surface area contributed by atoms with Crippen molar-refractivity contribution < 1.29 is 9.21 Å². The van der Waals surface area contributed by atoms with Crippen LogP contribution in [-0.4, -0.2) is 31.0 Å². The molecule has 0 spiro atoms. The third kappa shape index (κ3) is 3.78. The number of carbonyl (C=O) groups excluding carboxylic acids is 1. The molecule has 1 aromatic carbocycles. The summed E-state index contributed by atoms with van der Waals surface area (Å²) in [6.07, 6.45) is 1.53. The monoisotopic (exact) mass is 412 g/mol. The van der Waals surface area contributed by atoms with Gasteiger partial charge in [-0.1, -0.05) is 42.1 Å². The van der Waals surface area contributed by atoms with Crippen LogP contribution in [0.25, 0.3) is 22.8 Å². The number of nitrogens with one attached hydrogen (secondary N) is 1. The molecule has 0 aliphatic carbocycles. The molecule has 0 fully saturated rings. The van der Waals surface area contributed by atoms with Gasteiger partial charge in [0.25, 0.3) is 0 Å². The molecule has 0 aliphatic heterocycles. The summed E-state index contributed by atoms with van der Waals surface area (Å²) in [5.41, 5.74) is 1.83. The summed E-state index contributed by atoms with van der Waals surface area (Å²) in [5, 5.41) is 13.3. The summed E-state index contributed by atoms with van der Waals surface area (Å²) in [6.45, 7) is 1.77. The number of anilines is 1. The van der Waals surface area contributed by atoms with E-state index in [4.69, 9.17) is 10.3 Å². The molecule has 3 aromatic heterocycles. The molecular weight excluding hydrogens is 396 g/mol. The van der Waals surface area contributed by atoms with Crippen LogP contribution in [0.3, 0.4) is 0 Å². The second-order valence-electron chi connectivity index (χ2n) is 5.81. The van der Waals surface area contributed by atoms with Crippen molar-refractivity contribution in [3.05, 3.63) is 54.1 Å². The topological polar surface area (TPSA) is 112 Å². The van der Waals surface area contributed by atoms with Gasteiger partial charge in [0.1, 0.15) is 0 Å². The Morgan fingerprint density at radius 3 is 2.82 bits per heavy atom. The van der Waals surface area contributed by atoms with Gasteiger partial charge in [-0.15, -0.1) is 21.5 Å². The lowest BCUT2D eigenvalue weighted by Gasteiger charge is -2.09. The fraction of sp³-hybridized carbons (Fsp3) is 0.111. The Bertz CT molecular complexity index is 1070. The van der Waals surface area contributed by atoms with E-state index in [-0.39, 0.29) is 5.91 Å². The van der Waals surface area contributed by atoms with E-state index in [1.807, 2.05) is 35.7 Å². The maximum Gasteiger partial charge on any atom is 0.239 e. The number of rotatable bonds is 6. The molecule has 1 atom stereocenters. The molecule has 10 heteroatoms. The highest BCUT2D eigenvalue weighted by atomic mass is 32.2. The van der Waals surface area contributed by atoms with Crippen LogP contribution in [0.4, 0.5) is 5.13 Å². The quantitative estimate of drug-likeness (QED) is 0.368. The van der Waals surface area contributed by atoms with Gasteiger partial charge in [-0.2, -0.15) is 0 Å². The van der Waals surface area contributed by atoms with E-state index in [1.165, 1.54) is 34.0 Å². The van der Waals surface area contributed by atoms with E-state index >= 15 is 0 Å². The van der Waals surface area contributed by atoms with E-state index in [0.29, 0.717) is 21.9 Å². The standard InChI is InChI=1S/C18H16N6O2S2/c1-11(28-18-23-22-15(24(18)19)14-8-5-9-26-14)16(25)21-17-20-13(10-27-17)12-6-3-2-4-7-12/h2-11H,19H2,1H3,(H,20,21,25)/t11-/m1/s1. The van der Waals surface area contributed by atoms with Gasteiger partial charge < -0.3 is 15.6 Å². The summed E-state index contributed by atoms with van der Waals surface area (Å²) in [5.74, 6) is 6.74. The number of nitrogen functional groups attached to an aromatic ring is 1. The number of nitrogens with zero attached hydrogens (tertiary/aromatic N) is 4. The molecule has 0 aliphatic rings. The van der Waals surface area contributed by atoms with Gasteiger partial charge in [0, 0.05) is 10.9 Å². The van der Waals surface area contributed by atoms with Crippen LogP contribution in [0.5, 0.6) is 0 Å². The van der Waals surface area contributed by atoms with Crippen LogP contribution in [0.15, 0.2) is 63.7 Å². The van der Waals surface area contributed by atoms with Crippen molar-refractivity contribution in [2.45, 2.75) is 17.3 Å². The number of benzene rings is 1. The third-order valence-corrected chi connectivity index (χ3v) is 5.68. The minimum Gasteiger partial charge on any atom is -0.461 e. The number of furan rings is 1. The summed E-state index contributed by atoms with van der Waals surface area (Å²) in [7, 11) is 0. The maximum absolute atomic E-state index is 12.5. The molecular formula is C18H16N6O2S2. The lowest BCUT2D eigenvalue weighted by Crippen LogP contribution is -2.23. The Morgan fingerprint density at radius 2 is 2.07 bits per heavy atom. The number of amides is 1. The molecule has 4 aromatic rings.